The number of hydrogen-bond acceptors (Lipinski definition) is 6. The van der Waals surface area contributed by atoms with Crippen molar-refractivity contribution in [2.75, 3.05) is 24.7 Å². The number of carbonyl (C=O) groups is 3. The van der Waals surface area contributed by atoms with Crippen molar-refractivity contribution >= 4 is 34.2 Å². The van der Waals surface area contributed by atoms with Crippen LogP contribution >= 0.6 is 0 Å². The molecule has 2 aromatic carbocycles. The summed E-state index contributed by atoms with van der Waals surface area (Å²) < 4.78 is 12.3. The van der Waals surface area contributed by atoms with Gasteiger partial charge in [-0.05, 0) is 67.3 Å². The minimum absolute atomic E-state index is 0.164. The topological polar surface area (TPSA) is 96.4 Å². The number of nitrogens with zero attached hydrogens (tertiary/aromatic N) is 2. The fraction of sp³-hybridized carbons (Fsp3) is 0.514. The first-order valence-corrected chi connectivity index (χ1v) is 15.6. The molecule has 43 heavy (non-hydrogen) atoms. The molecule has 3 saturated heterocycles. The van der Waals surface area contributed by atoms with Crippen molar-refractivity contribution in [3.8, 4) is 0 Å². The van der Waals surface area contributed by atoms with Gasteiger partial charge in [-0.15, -0.1) is 13.2 Å². The maximum absolute atomic E-state index is 14.8. The number of aliphatic hydroxyl groups excluding tert-OH is 1. The third-order valence-electron chi connectivity index (χ3n) is 9.26. The van der Waals surface area contributed by atoms with E-state index in [9.17, 15) is 19.5 Å². The number of esters is 1. The number of benzene rings is 2. The number of unbranched alkanes of at least 4 members (excludes halogenated alkanes) is 2. The highest BCUT2D eigenvalue weighted by Crippen LogP contribution is 2.59. The fourth-order valence-electron chi connectivity index (χ4n) is 7.46. The minimum Gasteiger partial charge on any atom is -0.465 e. The van der Waals surface area contributed by atoms with Crippen molar-refractivity contribution in [3.05, 3.63) is 67.8 Å². The van der Waals surface area contributed by atoms with Crippen LogP contribution in [0.3, 0.4) is 0 Å². The number of hydrogen-bond donors (Lipinski definition) is 1. The molecule has 1 N–H and O–H groups in total. The quantitative estimate of drug-likeness (QED) is 0.189. The van der Waals surface area contributed by atoms with Gasteiger partial charge in [-0.2, -0.15) is 0 Å². The molecule has 3 heterocycles. The molecule has 5 rings (SSSR count). The molecule has 0 radical (unpaired) electrons. The molecule has 6 atom stereocenters. The first kappa shape index (κ1) is 31.0. The van der Waals surface area contributed by atoms with Crippen molar-refractivity contribution in [1.82, 2.24) is 4.90 Å². The smallest absolute Gasteiger partial charge is 0.312 e. The minimum atomic E-state index is -1.17. The second kappa shape index (κ2) is 13.0. The maximum Gasteiger partial charge on any atom is 0.312 e. The number of aliphatic hydroxyl groups is 1. The third-order valence-corrected chi connectivity index (χ3v) is 9.26. The molecule has 2 amide bonds. The summed E-state index contributed by atoms with van der Waals surface area (Å²) in [4.78, 5) is 45.9. The average Bonchev–Trinajstić information content (AvgIpc) is 3.65. The molecule has 3 aliphatic heterocycles. The van der Waals surface area contributed by atoms with Crippen molar-refractivity contribution < 1.29 is 29.0 Å². The van der Waals surface area contributed by atoms with Crippen molar-refractivity contribution in [2.45, 2.75) is 76.2 Å². The van der Waals surface area contributed by atoms with Crippen LogP contribution < -0.4 is 4.90 Å². The van der Waals surface area contributed by atoms with Crippen molar-refractivity contribution in [3.63, 3.8) is 0 Å². The summed E-state index contributed by atoms with van der Waals surface area (Å²) in [7, 11) is 0. The Hall–Kier alpha value is -3.49. The van der Waals surface area contributed by atoms with Crippen LogP contribution in [0.25, 0.3) is 10.8 Å². The number of anilines is 1. The van der Waals surface area contributed by atoms with E-state index in [0.717, 1.165) is 23.6 Å². The highest BCUT2D eigenvalue weighted by molar-refractivity contribution is 6.05. The summed E-state index contributed by atoms with van der Waals surface area (Å²) in [5, 5.41) is 12.6. The van der Waals surface area contributed by atoms with Crippen LogP contribution in [0.2, 0.25) is 0 Å². The van der Waals surface area contributed by atoms with E-state index in [0.29, 0.717) is 31.4 Å². The van der Waals surface area contributed by atoms with E-state index in [4.69, 9.17) is 9.47 Å². The van der Waals surface area contributed by atoms with Gasteiger partial charge in [0, 0.05) is 12.2 Å². The van der Waals surface area contributed by atoms with Gasteiger partial charge < -0.3 is 24.4 Å². The second-order valence-corrected chi connectivity index (χ2v) is 12.5. The highest BCUT2D eigenvalue weighted by atomic mass is 16.6. The van der Waals surface area contributed by atoms with Crippen LogP contribution in [0.4, 0.5) is 5.69 Å². The van der Waals surface area contributed by atoms with E-state index >= 15 is 0 Å². The van der Waals surface area contributed by atoms with Crippen LogP contribution in [0.1, 0.15) is 52.4 Å². The van der Waals surface area contributed by atoms with Crippen molar-refractivity contribution in [2.24, 2.45) is 17.8 Å². The Kier molecular flexibility index (Phi) is 9.37. The molecule has 230 valence electrons. The lowest BCUT2D eigenvalue weighted by atomic mass is 9.70. The zero-order valence-electron chi connectivity index (χ0n) is 25.3. The number of allylic oxidation sites excluding steroid dienone is 1. The summed E-state index contributed by atoms with van der Waals surface area (Å²) in [5.74, 6) is -2.52. The van der Waals surface area contributed by atoms with Crippen molar-refractivity contribution in [1.29, 1.82) is 0 Å². The van der Waals surface area contributed by atoms with E-state index in [2.05, 4.69) is 13.2 Å². The Morgan fingerprint density at radius 3 is 2.63 bits per heavy atom. The number of amides is 2. The molecule has 1 spiro atoms. The lowest BCUT2D eigenvalue weighted by molar-refractivity contribution is -0.156. The Morgan fingerprint density at radius 2 is 1.93 bits per heavy atom. The van der Waals surface area contributed by atoms with Crippen LogP contribution in [-0.2, 0) is 23.9 Å². The summed E-state index contributed by atoms with van der Waals surface area (Å²) in [5.41, 5.74) is -0.491. The molecule has 0 aliphatic carbocycles. The van der Waals surface area contributed by atoms with Gasteiger partial charge >= 0.3 is 5.97 Å². The molecular weight excluding hydrogens is 544 g/mol. The standard InChI is InChI=1S/C35H44N2O6/c1-5-7-8-11-19-42-34(41)29-28-16-17-35(43-28)30(29)32(39)37(27(22-38)20-23(3)4)31(35)33(40)36(18-6-2)26-15-14-24-12-9-10-13-25(24)21-26/h5-6,9-10,12-15,21,23,27-31,38H,1-2,7-8,11,16-20,22H2,3-4H3/t27-,28-,29+,30+,31?,35?/m1/s1. The number of ether oxygens (including phenoxy) is 2. The molecule has 8 heteroatoms. The van der Waals surface area contributed by atoms with Crippen LogP contribution in [-0.4, -0.2) is 71.3 Å². The fourth-order valence-corrected chi connectivity index (χ4v) is 7.46. The zero-order chi connectivity index (χ0) is 30.7. The van der Waals surface area contributed by atoms with E-state index in [1.54, 1.807) is 15.9 Å². The van der Waals surface area contributed by atoms with Gasteiger partial charge in [0.05, 0.1) is 37.2 Å². The number of carbonyl (C=O) groups excluding carboxylic acids is 3. The van der Waals surface area contributed by atoms with Gasteiger partial charge in [0.2, 0.25) is 5.91 Å². The Morgan fingerprint density at radius 1 is 1.16 bits per heavy atom. The predicted molar refractivity (Wildman–Crippen MR) is 166 cm³/mol. The van der Waals surface area contributed by atoms with E-state index in [1.165, 1.54) is 0 Å². The second-order valence-electron chi connectivity index (χ2n) is 12.5. The Labute approximate surface area is 254 Å². The SMILES string of the molecule is C=CCCCCOC(=O)[C@@H]1[C@H]2C(=O)N([C@@H](CO)CC(C)C)C(C(=O)N(CC=C)c3ccc4ccccc4c3)C23CC[C@H]1O3. The molecular formula is C35H44N2O6. The zero-order valence-corrected chi connectivity index (χ0v) is 25.3. The van der Waals surface area contributed by atoms with Gasteiger partial charge in [-0.3, -0.25) is 14.4 Å². The lowest BCUT2D eigenvalue weighted by Crippen LogP contribution is -2.59. The van der Waals surface area contributed by atoms with E-state index < -0.39 is 41.6 Å². The van der Waals surface area contributed by atoms with Gasteiger partial charge in [0.15, 0.2) is 0 Å². The molecule has 0 saturated carbocycles. The number of rotatable bonds is 14. The largest absolute Gasteiger partial charge is 0.465 e. The van der Waals surface area contributed by atoms with Crippen LogP contribution in [0, 0.1) is 17.8 Å². The van der Waals surface area contributed by atoms with Crippen LogP contribution in [0.15, 0.2) is 67.8 Å². The van der Waals surface area contributed by atoms with Gasteiger partial charge in [0.25, 0.3) is 5.91 Å². The average molecular weight is 589 g/mol. The first-order valence-electron chi connectivity index (χ1n) is 15.6. The molecule has 3 fully saturated rings. The maximum atomic E-state index is 14.8. The predicted octanol–water partition coefficient (Wildman–Crippen LogP) is 5.04. The third kappa shape index (κ3) is 5.63. The molecule has 2 unspecified atom stereocenters. The van der Waals surface area contributed by atoms with Gasteiger partial charge in [-0.1, -0.05) is 56.3 Å². The van der Waals surface area contributed by atoms with Gasteiger partial charge in [0.1, 0.15) is 11.6 Å². The summed E-state index contributed by atoms with van der Waals surface area (Å²) in [6.45, 7) is 11.9. The first-order chi connectivity index (χ1) is 20.8. The summed E-state index contributed by atoms with van der Waals surface area (Å²) in [6, 6.07) is 12.2. The summed E-state index contributed by atoms with van der Waals surface area (Å²) >= 11 is 0. The monoisotopic (exact) mass is 588 g/mol. The molecule has 2 aromatic rings. The number of fused-ring (bicyclic) bond motifs is 2. The molecule has 8 nitrogen and oxygen atoms in total. The van der Waals surface area contributed by atoms with Crippen LogP contribution in [0.5, 0.6) is 0 Å². The summed E-state index contributed by atoms with van der Waals surface area (Å²) in [6.07, 6.45) is 6.96. The molecule has 2 bridgehead atoms. The van der Waals surface area contributed by atoms with E-state index in [1.807, 2.05) is 62.4 Å². The number of likely N-dealkylation sites (tertiary alicyclic amines) is 1. The lowest BCUT2D eigenvalue weighted by Gasteiger charge is -2.39. The Balaban J connectivity index is 1.52. The molecule has 3 aliphatic rings. The highest BCUT2D eigenvalue weighted by Gasteiger charge is 2.75. The normalized spacial score (nSPS) is 26.5. The van der Waals surface area contributed by atoms with Gasteiger partial charge in [-0.25, -0.2) is 0 Å². The van der Waals surface area contributed by atoms with E-state index in [-0.39, 0.29) is 37.5 Å². The Bertz CT molecular complexity index is 1370. The molecule has 0 aromatic heterocycles.